The molecule has 17 heavy (non-hydrogen) atoms. The lowest BCUT2D eigenvalue weighted by atomic mass is 10.2. The molecule has 88 valence electrons. The molecule has 0 fully saturated rings. The smallest absolute Gasteiger partial charge is 0.260 e. The van der Waals surface area contributed by atoms with Crippen molar-refractivity contribution in [1.82, 2.24) is 14.8 Å². The Morgan fingerprint density at radius 3 is 2.88 bits per heavy atom. The molecule has 0 bridgehead atoms. The summed E-state index contributed by atoms with van der Waals surface area (Å²) in [5.41, 5.74) is 1.22. The molecule has 6 heteroatoms. The maximum atomic E-state index is 12.0. The third-order valence-electron chi connectivity index (χ3n) is 2.29. The number of carbonyl (C=O) groups excluding carboxylic acids is 1. The van der Waals surface area contributed by atoms with E-state index in [2.05, 4.69) is 20.7 Å². The number of pyridine rings is 1. The molecule has 2 rings (SSSR count). The van der Waals surface area contributed by atoms with Gasteiger partial charge in [0.2, 0.25) is 0 Å². The van der Waals surface area contributed by atoms with Gasteiger partial charge in [-0.1, -0.05) is 0 Å². The van der Waals surface area contributed by atoms with E-state index in [1.807, 2.05) is 0 Å². The largest absolute Gasteiger partial charge is 0.387 e. The van der Waals surface area contributed by atoms with Crippen molar-refractivity contribution in [2.24, 2.45) is 7.05 Å². The second kappa shape index (κ2) is 4.65. The van der Waals surface area contributed by atoms with Crippen LogP contribution in [0.3, 0.4) is 0 Å². The Labute approximate surface area is 98.7 Å². The normalized spacial score (nSPS) is 10.0. The third kappa shape index (κ3) is 2.41. The molecular weight excluding hydrogens is 218 g/mol. The van der Waals surface area contributed by atoms with Gasteiger partial charge < -0.3 is 10.6 Å². The number of amides is 1. The van der Waals surface area contributed by atoms with Gasteiger partial charge in [-0.25, -0.2) is 0 Å². The fourth-order valence-electron chi connectivity index (χ4n) is 1.46. The lowest BCUT2D eigenvalue weighted by Crippen LogP contribution is -2.14. The molecule has 2 heterocycles. The zero-order chi connectivity index (χ0) is 12.3. The molecule has 0 unspecified atom stereocenters. The maximum absolute atomic E-state index is 12.0. The predicted molar refractivity (Wildman–Crippen MR) is 64.9 cm³/mol. The summed E-state index contributed by atoms with van der Waals surface area (Å²) in [6.07, 6.45) is 4.91. The first-order valence-corrected chi connectivity index (χ1v) is 5.13. The van der Waals surface area contributed by atoms with Crippen LogP contribution in [-0.2, 0) is 7.05 Å². The Hall–Kier alpha value is -2.37. The minimum Gasteiger partial charge on any atom is -0.387 e. The molecular formula is C11H13N5O. The molecule has 0 atom stereocenters. The van der Waals surface area contributed by atoms with Gasteiger partial charge in [-0.2, -0.15) is 5.10 Å². The zero-order valence-corrected chi connectivity index (χ0v) is 9.64. The van der Waals surface area contributed by atoms with Crippen molar-refractivity contribution < 1.29 is 4.79 Å². The monoisotopic (exact) mass is 231 g/mol. The molecule has 0 saturated carbocycles. The first-order chi connectivity index (χ1) is 8.20. The molecule has 0 saturated heterocycles. The highest BCUT2D eigenvalue weighted by molar-refractivity contribution is 6.07. The van der Waals surface area contributed by atoms with Gasteiger partial charge in [0, 0.05) is 44.4 Å². The Morgan fingerprint density at radius 2 is 2.24 bits per heavy atom. The summed E-state index contributed by atoms with van der Waals surface area (Å²) in [4.78, 5) is 15.9. The van der Waals surface area contributed by atoms with Gasteiger partial charge in [0.1, 0.15) is 0 Å². The summed E-state index contributed by atoms with van der Waals surface area (Å²) in [5, 5.41) is 9.72. The molecule has 0 aromatic carbocycles. The number of rotatable bonds is 3. The number of carbonyl (C=O) groups is 1. The number of nitrogens with one attached hydrogen (secondary N) is 2. The van der Waals surface area contributed by atoms with Crippen LogP contribution < -0.4 is 10.6 Å². The third-order valence-corrected chi connectivity index (χ3v) is 2.29. The van der Waals surface area contributed by atoms with Crippen molar-refractivity contribution in [2.45, 2.75) is 0 Å². The summed E-state index contributed by atoms with van der Waals surface area (Å²) < 4.78 is 1.62. The van der Waals surface area contributed by atoms with Gasteiger partial charge in [-0.15, -0.1) is 0 Å². The van der Waals surface area contributed by atoms with Crippen LogP contribution in [0.5, 0.6) is 0 Å². The number of hydrogen-bond acceptors (Lipinski definition) is 4. The zero-order valence-electron chi connectivity index (χ0n) is 9.64. The lowest BCUT2D eigenvalue weighted by molar-refractivity contribution is 0.102. The molecule has 0 radical (unpaired) electrons. The Balaban J connectivity index is 2.20. The first kappa shape index (κ1) is 11.1. The topological polar surface area (TPSA) is 71.8 Å². The van der Waals surface area contributed by atoms with Gasteiger partial charge >= 0.3 is 0 Å². The van der Waals surface area contributed by atoms with Crippen LogP contribution in [0.1, 0.15) is 10.4 Å². The summed E-state index contributed by atoms with van der Waals surface area (Å²) in [6.45, 7) is 0. The summed E-state index contributed by atoms with van der Waals surface area (Å²) in [7, 11) is 3.55. The van der Waals surface area contributed by atoms with E-state index in [1.165, 1.54) is 6.20 Å². The highest BCUT2D eigenvalue weighted by atomic mass is 16.1. The van der Waals surface area contributed by atoms with Crippen LogP contribution in [0.4, 0.5) is 11.5 Å². The first-order valence-electron chi connectivity index (χ1n) is 5.13. The van der Waals surface area contributed by atoms with Crippen molar-refractivity contribution >= 4 is 17.4 Å². The molecule has 2 aromatic heterocycles. The molecule has 2 N–H and O–H groups in total. The van der Waals surface area contributed by atoms with Crippen LogP contribution in [-0.4, -0.2) is 27.7 Å². The van der Waals surface area contributed by atoms with E-state index in [0.717, 1.165) is 5.69 Å². The second-order valence-corrected chi connectivity index (χ2v) is 3.50. The minimum atomic E-state index is -0.235. The maximum Gasteiger partial charge on any atom is 0.260 e. The molecule has 1 amide bonds. The van der Waals surface area contributed by atoms with Crippen molar-refractivity contribution in [3.8, 4) is 0 Å². The van der Waals surface area contributed by atoms with Crippen molar-refractivity contribution in [1.29, 1.82) is 0 Å². The van der Waals surface area contributed by atoms with Crippen molar-refractivity contribution in [3.63, 3.8) is 0 Å². The van der Waals surface area contributed by atoms with Gasteiger partial charge in [0.25, 0.3) is 5.91 Å². The van der Waals surface area contributed by atoms with Gasteiger partial charge in [-0.05, 0) is 6.07 Å². The number of nitrogens with zero attached hydrogens (tertiary/aromatic N) is 3. The second-order valence-electron chi connectivity index (χ2n) is 3.50. The van der Waals surface area contributed by atoms with Crippen LogP contribution in [0.25, 0.3) is 0 Å². The van der Waals surface area contributed by atoms with E-state index < -0.39 is 0 Å². The number of aromatic nitrogens is 3. The van der Waals surface area contributed by atoms with E-state index in [-0.39, 0.29) is 5.91 Å². The Morgan fingerprint density at radius 1 is 1.41 bits per heavy atom. The van der Waals surface area contributed by atoms with Gasteiger partial charge in [0.15, 0.2) is 5.82 Å². The molecule has 0 aliphatic rings. The molecule has 0 aliphatic carbocycles. The van der Waals surface area contributed by atoms with Crippen molar-refractivity contribution in [2.75, 3.05) is 17.7 Å². The molecule has 0 aliphatic heterocycles. The lowest BCUT2D eigenvalue weighted by Gasteiger charge is -2.07. The summed E-state index contributed by atoms with van der Waals surface area (Å²) in [5.74, 6) is 0.282. The minimum absolute atomic E-state index is 0.235. The highest BCUT2D eigenvalue weighted by Gasteiger charge is 2.11. The Bertz CT molecular complexity index is 534. The van der Waals surface area contributed by atoms with E-state index in [4.69, 9.17) is 0 Å². The molecule has 2 aromatic rings. The fraction of sp³-hybridized carbons (Fsp3) is 0.182. The fourth-order valence-corrected chi connectivity index (χ4v) is 1.46. The SMILES string of the molecule is CNc1ccncc1C(=O)Nc1ccn(C)n1. The van der Waals surface area contributed by atoms with Gasteiger partial charge in [-0.3, -0.25) is 14.5 Å². The highest BCUT2D eigenvalue weighted by Crippen LogP contribution is 2.14. The summed E-state index contributed by atoms with van der Waals surface area (Å²) in [6, 6.07) is 3.47. The summed E-state index contributed by atoms with van der Waals surface area (Å²) >= 11 is 0. The average Bonchev–Trinajstić information content (AvgIpc) is 2.74. The van der Waals surface area contributed by atoms with Crippen LogP contribution in [0, 0.1) is 0 Å². The standard InChI is InChI=1S/C11H13N5O/c1-12-9-3-5-13-7-8(9)11(17)14-10-4-6-16(2)15-10/h3-7H,1-2H3,(H,12,13)(H,14,15,17). The van der Waals surface area contributed by atoms with Crippen molar-refractivity contribution in [3.05, 3.63) is 36.3 Å². The van der Waals surface area contributed by atoms with Crippen LogP contribution in [0.15, 0.2) is 30.7 Å². The average molecular weight is 231 g/mol. The van der Waals surface area contributed by atoms with Crippen LogP contribution in [0.2, 0.25) is 0 Å². The molecule has 6 nitrogen and oxygen atoms in total. The van der Waals surface area contributed by atoms with E-state index in [1.54, 1.807) is 43.3 Å². The number of hydrogen-bond donors (Lipinski definition) is 2. The number of aryl methyl sites for hydroxylation is 1. The van der Waals surface area contributed by atoms with E-state index in [0.29, 0.717) is 11.4 Å². The van der Waals surface area contributed by atoms with E-state index >= 15 is 0 Å². The molecule has 0 spiro atoms. The van der Waals surface area contributed by atoms with Crippen LogP contribution >= 0.6 is 0 Å². The number of anilines is 2. The van der Waals surface area contributed by atoms with Gasteiger partial charge in [0.05, 0.1) is 5.56 Å². The predicted octanol–water partition coefficient (Wildman–Crippen LogP) is 1.11. The quantitative estimate of drug-likeness (QED) is 0.830. The Kier molecular flexibility index (Phi) is 3.04. The van der Waals surface area contributed by atoms with E-state index in [9.17, 15) is 4.79 Å².